The lowest BCUT2D eigenvalue weighted by Gasteiger charge is -2.15. The molecular formula is C7H15NO2. The molecule has 0 amide bonds. The van der Waals surface area contributed by atoms with Gasteiger partial charge in [0.25, 0.3) is 0 Å². The number of aliphatic carboxylic acids is 1. The third-order valence-corrected chi connectivity index (χ3v) is 1.79. The molecule has 0 aromatic heterocycles. The summed E-state index contributed by atoms with van der Waals surface area (Å²) in [6, 6.07) is -0.192. The molecule has 0 saturated heterocycles. The summed E-state index contributed by atoms with van der Waals surface area (Å²) >= 11 is 0. The van der Waals surface area contributed by atoms with Gasteiger partial charge in [-0.15, -0.1) is 0 Å². The summed E-state index contributed by atoms with van der Waals surface area (Å²) in [6.45, 7) is 3.97. The average molecular weight is 145 g/mol. The van der Waals surface area contributed by atoms with Crippen molar-refractivity contribution in [2.75, 3.05) is 0 Å². The second-order valence-electron chi connectivity index (χ2n) is 2.65. The molecule has 0 radical (unpaired) electrons. The minimum atomic E-state index is -0.812. The van der Waals surface area contributed by atoms with E-state index in [0.717, 1.165) is 6.42 Å². The summed E-state index contributed by atoms with van der Waals surface area (Å²) in [6.07, 6.45) is 1.02. The molecule has 0 aliphatic carbocycles. The molecule has 60 valence electrons. The summed E-state index contributed by atoms with van der Waals surface area (Å²) in [5, 5.41) is 8.35. The Morgan fingerprint density at radius 2 is 2.20 bits per heavy atom. The van der Waals surface area contributed by atoms with Crippen molar-refractivity contribution in [2.45, 2.75) is 32.7 Å². The lowest BCUT2D eigenvalue weighted by Crippen LogP contribution is -2.30. The van der Waals surface area contributed by atoms with Crippen LogP contribution in [0.3, 0.4) is 0 Å². The maximum Gasteiger partial charge on any atom is 0.304 e. The van der Waals surface area contributed by atoms with Crippen molar-refractivity contribution in [1.82, 2.24) is 0 Å². The van der Waals surface area contributed by atoms with Gasteiger partial charge in [0.05, 0.1) is 6.42 Å². The molecule has 0 aliphatic heterocycles. The number of rotatable bonds is 4. The fourth-order valence-electron chi connectivity index (χ4n) is 0.706. The minimum Gasteiger partial charge on any atom is -0.481 e. The van der Waals surface area contributed by atoms with Crippen molar-refractivity contribution >= 4 is 5.97 Å². The number of nitrogens with two attached hydrogens (primary N) is 1. The van der Waals surface area contributed by atoms with Crippen LogP contribution in [0.4, 0.5) is 0 Å². The average Bonchev–Trinajstić information content (AvgIpc) is 1.85. The van der Waals surface area contributed by atoms with Crippen LogP contribution >= 0.6 is 0 Å². The minimum absolute atomic E-state index is 0.0784. The predicted octanol–water partition coefficient (Wildman–Crippen LogP) is 0.835. The third kappa shape index (κ3) is 3.45. The zero-order valence-electron chi connectivity index (χ0n) is 6.50. The van der Waals surface area contributed by atoms with E-state index in [1.54, 1.807) is 0 Å². The third-order valence-electron chi connectivity index (χ3n) is 1.79. The van der Waals surface area contributed by atoms with Crippen molar-refractivity contribution in [3.8, 4) is 0 Å². The molecule has 0 spiro atoms. The van der Waals surface area contributed by atoms with Gasteiger partial charge in [0.15, 0.2) is 0 Å². The number of carboxylic acid groups (broad SMARTS) is 1. The van der Waals surface area contributed by atoms with E-state index in [1.165, 1.54) is 0 Å². The lowest BCUT2D eigenvalue weighted by atomic mass is 9.98. The van der Waals surface area contributed by atoms with Crippen LogP contribution in [0.2, 0.25) is 0 Å². The second kappa shape index (κ2) is 4.28. The van der Waals surface area contributed by atoms with Gasteiger partial charge in [-0.1, -0.05) is 20.3 Å². The van der Waals surface area contributed by atoms with Gasteiger partial charge in [0.1, 0.15) is 0 Å². The zero-order chi connectivity index (χ0) is 8.15. The highest BCUT2D eigenvalue weighted by Crippen LogP contribution is 2.07. The molecule has 0 heterocycles. The molecule has 2 atom stereocenters. The van der Waals surface area contributed by atoms with Crippen LogP contribution in [-0.4, -0.2) is 17.1 Å². The van der Waals surface area contributed by atoms with Crippen LogP contribution in [0.25, 0.3) is 0 Å². The normalized spacial score (nSPS) is 16.3. The first-order chi connectivity index (χ1) is 4.57. The molecule has 2 unspecified atom stereocenters. The monoisotopic (exact) mass is 145 g/mol. The molecule has 10 heavy (non-hydrogen) atoms. The molecule has 0 aliphatic rings. The highest BCUT2D eigenvalue weighted by atomic mass is 16.4. The van der Waals surface area contributed by atoms with Gasteiger partial charge in [-0.25, -0.2) is 0 Å². The Balaban J connectivity index is 3.61. The molecule has 0 aromatic rings. The van der Waals surface area contributed by atoms with Crippen LogP contribution in [-0.2, 0) is 4.79 Å². The van der Waals surface area contributed by atoms with Crippen molar-refractivity contribution in [2.24, 2.45) is 11.7 Å². The summed E-state index contributed by atoms with van der Waals surface area (Å²) in [5.41, 5.74) is 5.55. The number of carboxylic acids is 1. The maximum absolute atomic E-state index is 10.2. The van der Waals surface area contributed by atoms with Gasteiger partial charge in [-0.3, -0.25) is 4.79 Å². The highest BCUT2D eigenvalue weighted by Gasteiger charge is 2.13. The maximum atomic E-state index is 10.2. The van der Waals surface area contributed by atoms with Gasteiger partial charge in [0, 0.05) is 6.04 Å². The number of hydrogen-bond donors (Lipinski definition) is 2. The van der Waals surface area contributed by atoms with Crippen LogP contribution in [0.1, 0.15) is 26.7 Å². The molecule has 3 N–H and O–H groups in total. The van der Waals surface area contributed by atoms with E-state index in [9.17, 15) is 4.79 Å². The summed E-state index contributed by atoms with van der Waals surface area (Å²) in [4.78, 5) is 10.2. The Morgan fingerprint density at radius 1 is 1.70 bits per heavy atom. The Labute approximate surface area is 61.2 Å². The molecule has 0 saturated carbocycles. The summed E-state index contributed by atoms with van der Waals surface area (Å²) in [5.74, 6) is -0.510. The van der Waals surface area contributed by atoms with Crippen LogP contribution in [0, 0.1) is 5.92 Å². The topological polar surface area (TPSA) is 63.3 Å². The Morgan fingerprint density at radius 3 is 2.50 bits per heavy atom. The van der Waals surface area contributed by atoms with Crippen LogP contribution in [0.15, 0.2) is 0 Å². The van der Waals surface area contributed by atoms with Crippen molar-refractivity contribution in [3.05, 3.63) is 0 Å². The summed E-state index contributed by atoms with van der Waals surface area (Å²) < 4.78 is 0. The molecule has 0 rings (SSSR count). The SMILES string of the molecule is CCC(C)C(N)CC(=O)O. The van der Waals surface area contributed by atoms with E-state index in [-0.39, 0.29) is 12.5 Å². The summed E-state index contributed by atoms with van der Waals surface area (Å²) in [7, 11) is 0. The zero-order valence-corrected chi connectivity index (χ0v) is 6.50. The largest absolute Gasteiger partial charge is 0.481 e. The standard InChI is InChI=1S/C7H15NO2/c1-3-5(2)6(8)4-7(9)10/h5-6H,3-4,8H2,1-2H3,(H,9,10). The smallest absolute Gasteiger partial charge is 0.304 e. The molecule has 0 aromatic carbocycles. The number of hydrogen-bond acceptors (Lipinski definition) is 2. The van der Waals surface area contributed by atoms with Gasteiger partial charge in [-0.05, 0) is 5.92 Å². The number of carbonyl (C=O) groups is 1. The van der Waals surface area contributed by atoms with Crippen molar-refractivity contribution in [1.29, 1.82) is 0 Å². The second-order valence-corrected chi connectivity index (χ2v) is 2.65. The first kappa shape index (κ1) is 9.43. The van der Waals surface area contributed by atoms with E-state index in [4.69, 9.17) is 10.8 Å². The van der Waals surface area contributed by atoms with Gasteiger partial charge in [0.2, 0.25) is 0 Å². The Bertz CT molecular complexity index is 114. The Kier molecular flexibility index (Phi) is 4.03. The van der Waals surface area contributed by atoms with E-state index in [2.05, 4.69) is 0 Å². The first-order valence-corrected chi connectivity index (χ1v) is 3.55. The van der Waals surface area contributed by atoms with E-state index in [0.29, 0.717) is 5.92 Å². The molecule has 3 heteroatoms. The molecule has 0 bridgehead atoms. The van der Waals surface area contributed by atoms with Gasteiger partial charge < -0.3 is 10.8 Å². The molecule has 3 nitrogen and oxygen atoms in total. The van der Waals surface area contributed by atoms with Crippen molar-refractivity contribution < 1.29 is 9.90 Å². The van der Waals surface area contributed by atoms with Crippen LogP contribution < -0.4 is 5.73 Å². The van der Waals surface area contributed by atoms with E-state index in [1.807, 2.05) is 13.8 Å². The molecular weight excluding hydrogens is 130 g/mol. The Hall–Kier alpha value is -0.570. The van der Waals surface area contributed by atoms with E-state index >= 15 is 0 Å². The van der Waals surface area contributed by atoms with Crippen LogP contribution in [0.5, 0.6) is 0 Å². The van der Waals surface area contributed by atoms with Gasteiger partial charge >= 0.3 is 5.97 Å². The molecule has 0 fully saturated rings. The first-order valence-electron chi connectivity index (χ1n) is 3.55. The van der Waals surface area contributed by atoms with Crippen molar-refractivity contribution in [3.63, 3.8) is 0 Å². The van der Waals surface area contributed by atoms with E-state index < -0.39 is 5.97 Å². The lowest BCUT2D eigenvalue weighted by molar-refractivity contribution is -0.137. The highest BCUT2D eigenvalue weighted by molar-refractivity contribution is 5.67. The fourth-order valence-corrected chi connectivity index (χ4v) is 0.706. The van der Waals surface area contributed by atoms with Gasteiger partial charge in [-0.2, -0.15) is 0 Å². The fraction of sp³-hybridized carbons (Fsp3) is 0.857. The predicted molar refractivity (Wildman–Crippen MR) is 39.7 cm³/mol. The quantitative estimate of drug-likeness (QED) is 0.616.